The SMILES string of the molecule is CCn1nc(-c2ccc(S(C)(=O)=O)cc2)c(-c2ccc(F)cc2)c1OCc1ccc(F)cc1. The highest BCUT2D eigenvalue weighted by Crippen LogP contribution is 2.40. The van der Waals surface area contributed by atoms with Crippen LogP contribution in [0.5, 0.6) is 5.88 Å². The number of rotatable bonds is 7. The van der Waals surface area contributed by atoms with Gasteiger partial charge in [0.1, 0.15) is 23.9 Å². The van der Waals surface area contributed by atoms with Crippen LogP contribution in [0.4, 0.5) is 8.78 Å². The van der Waals surface area contributed by atoms with Crippen molar-refractivity contribution in [3.05, 3.63) is 90.0 Å². The zero-order valence-electron chi connectivity index (χ0n) is 18.1. The summed E-state index contributed by atoms with van der Waals surface area (Å²) in [6.07, 6.45) is 1.15. The van der Waals surface area contributed by atoms with Crippen molar-refractivity contribution in [1.29, 1.82) is 0 Å². The van der Waals surface area contributed by atoms with Gasteiger partial charge in [0.2, 0.25) is 5.88 Å². The number of sulfone groups is 1. The number of aryl methyl sites for hydroxylation is 1. The second kappa shape index (κ2) is 9.15. The topological polar surface area (TPSA) is 61.2 Å². The Balaban J connectivity index is 1.82. The molecule has 0 bridgehead atoms. The number of hydrogen-bond donors (Lipinski definition) is 0. The van der Waals surface area contributed by atoms with Gasteiger partial charge in [0, 0.05) is 18.4 Å². The largest absolute Gasteiger partial charge is 0.473 e. The molecule has 33 heavy (non-hydrogen) atoms. The Morgan fingerprint density at radius 3 is 1.94 bits per heavy atom. The molecular formula is C25H22F2N2O3S. The van der Waals surface area contributed by atoms with E-state index in [0.717, 1.165) is 11.8 Å². The molecule has 8 heteroatoms. The molecule has 1 aromatic heterocycles. The van der Waals surface area contributed by atoms with Gasteiger partial charge in [-0.05, 0) is 54.4 Å². The number of halogens is 2. The molecule has 5 nitrogen and oxygen atoms in total. The Morgan fingerprint density at radius 2 is 1.39 bits per heavy atom. The maximum Gasteiger partial charge on any atom is 0.220 e. The summed E-state index contributed by atoms with van der Waals surface area (Å²) in [4.78, 5) is 0.206. The molecule has 170 valence electrons. The quantitative estimate of drug-likeness (QED) is 0.359. The van der Waals surface area contributed by atoms with Crippen LogP contribution in [-0.2, 0) is 23.0 Å². The summed E-state index contributed by atoms with van der Waals surface area (Å²) < 4.78 is 58.4. The van der Waals surface area contributed by atoms with Crippen LogP contribution in [0.1, 0.15) is 12.5 Å². The lowest BCUT2D eigenvalue weighted by atomic mass is 10.0. The Labute approximate surface area is 191 Å². The molecule has 3 aromatic carbocycles. The van der Waals surface area contributed by atoms with E-state index in [0.29, 0.717) is 34.8 Å². The Kier molecular flexibility index (Phi) is 6.29. The van der Waals surface area contributed by atoms with Crippen molar-refractivity contribution >= 4 is 9.84 Å². The Hall–Kier alpha value is -3.52. The number of benzene rings is 3. The van der Waals surface area contributed by atoms with Crippen molar-refractivity contribution in [3.63, 3.8) is 0 Å². The molecule has 0 spiro atoms. The molecular weight excluding hydrogens is 446 g/mol. The first kappa shape index (κ1) is 22.7. The Bertz CT molecular complexity index is 1360. The summed E-state index contributed by atoms with van der Waals surface area (Å²) >= 11 is 0. The molecule has 0 N–H and O–H groups in total. The van der Waals surface area contributed by atoms with Crippen molar-refractivity contribution in [2.75, 3.05) is 6.26 Å². The summed E-state index contributed by atoms with van der Waals surface area (Å²) in [7, 11) is -3.34. The highest BCUT2D eigenvalue weighted by Gasteiger charge is 2.22. The van der Waals surface area contributed by atoms with Gasteiger partial charge < -0.3 is 4.74 Å². The van der Waals surface area contributed by atoms with E-state index >= 15 is 0 Å². The van der Waals surface area contributed by atoms with Gasteiger partial charge in [0.15, 0.2) is 9.84 Å². The standard InChI is InChI=1S/C25H22F2N2O3S/c1-3-29-25(32-16-17-4-10-20(26)11-5-17)23(18-6-12-21(27)13-7-18)24(28-29)19-8-14-22(15-9-19)33(2,30)31/h4-15H,3,16H2,1-2H3. The summed E-state index contributed by atoms with van der Waals surface area (Å²) in [5.74, 6) is -0.214. The van der Waals surface area contributed by atoms with Crippen LogP contribution in [0, 0.1) is 11.6 Å². The van der Waals surface area contributed by atoms with E-state index < -0.39 is 9.84 Å². The van der Waals surface area contributed by atoms with Crippen LogP contribution in [0.15, 0.2) is 77.7 Å². The first-order chi connectivity index (χ1) is 15.8. The summed E-state index contributed by atoms with van der Waals surface area (Å²) in [6, 6.07) is 18.5. The van der Waals surface area contributed by atoms with Crippen molar-refractivity contribution < 1.29 is 21.9 Å². The van der Waals surface area contributed by atoms with Crippen molar-refractivity contribution in [1.82, 2.24) is 9.78 Å². The predicted molar refractivity (Wildman–Crippen MR) is 123 cm³/mol. The molecule has 0 aliphatic rings. The molecule has 0 radical (unpaired) electrons. The van der Waals surface area contributed by atoms with E-state index in [1.165, 1.54) is 36.4 Å². The third kappa shape index (κ3) is 4.96. The Morgan fingerprint density at radius 1 is 0.848 bits per heavy atom. The molecule has 0 atom stereocenters. The molecule has 0 aliphatic carbocycles. The van der Waals surface area contributed by atoms with Gasteiger partial charge in [-0.25, -0.2) is 21.9 Å². The third-order valence-corrected chi connectivity index (χ3v) is 6.31. The molecule has 4 rings (SSSR count). The minimum atomic E-state index is -3.34. The highest BCUT2D eigenvalue weighted by molar-refractivity contribution is 7.90. The summed E-state index contributed by atoms with van der Waals surface area (Å²) in [6.45, 7) is 2.61. The molecule has 1 heterocycles. The molecule has 0 amide bonds. The highest BCUT2D eigenvalue weighted by atomic mass is 32.2. The smallest absolute Gasteiger partial charge is 0.220 e. The molecule has 0 fully saturated rings. The van der Waals surface area contributed by atoms with Crippen LogP contribution in [0.3, 0.4) is 0 Å². The van der Waals surface area contributed by atoms with Crippen LogP contribution < -0.4 is 4.74 Å². The number of ether oxygens (including phenoxy) is 1. The maximum atomic E-state index is 13.6. The third-order valence-electron chi connectivity index (χ3n) is 5.18. The van der Waals surface area contributed by atoms with E-state index in [-0.39, 0.29) is 23.1 Å². The average Bonchev–Trinajstić information content (AvgIpc) is 3.17. The minimum absolute atomic E-state index is 0.187. The van der Waals surface area contributed by atoms with Gasteiger partial charge in [0.05, 0.1) is 10.5 Å². The fourth-order valence-electron chi connectivity index (χ4n) is 3.48. The number of aromatic nitrogens is 2. The van der Waals surface area contributed by atoms with E-state index in [9.17, 15) is 17.2 Å². The van der Waals surface area contributed by atoms with Crippen molar-refractivity contribution in [2.45, 2.75) is 25.0 Å². The molecule has 0 saturated heterocycles. The fraction of sp³-hybridized carbons (Fsp3) is 0.160. The van der Waals surface area contributed by atoms with E-state index in [1.54, 1.807) is 41.1 Å². The maximum absolute atomic E-state index is 13.6. The molecule has 4 aromatic rings. The van der Waals surface area contributed by atoms with Gasteiger partial charge in [-0.2, -0.15) is 5.10 Å². The second-order valence-corrected chi connectivity index (χ2v) is 9.58. The lowest BCUT2D eigenvalue weighted by molar-refractivity contribution is 0.275. The second-order valence-electron chi connectivity index (χ2n) is 7.56. The van der Waals surface area contributed by atoms with Gasteiger partial charge in [-0.1, -0.05) is 36.4 Å². The van der Waals surface area contributed by atoms with Crippen molar-refractivity contribution in [3.8, 4) is 28.3 Å². The summed E-state index contributed by atoms with van der Waals surface area (Å²) in [5.41, 5.74) is 3.42. The lowest BCUT2D eigenvalue weighted by Crippen LogP contribution is -2.04. The van der Waals surface area contributed by atoms with Gasteiger partial charge >= 0.3 is 0 Å². The van der Waals surface area contributed by atoms with E-state index in [1.807, 2.05) is 6.92 Å². The first-order valence-electron chi connectivity index (χ1n) is 10.3. The number of nitrogens with zero attached hydrogens (tertiary/aromatic N) is 2. The summed E-state index contributed by atoms with van der Waals surface area (Å²) in [5, 5.41) is 4.70. The minimum Gasteiger partial charge on any atom is -0.473 e. The van der Waals surface area contributed by atoms with Crippen LogP contribution in [-0.4, -0.2) is 24.5 Å². The lowest BCUT2D eigenvalue weighted by Gasteiger charge is -2.11. The van der Waals surface area contributed by atoms with Crippen LogP contribution in [0.2, 0.25) is 0 Å². The van der Waals surface area contributed by atoms with Gasteiger partial charge in [-0.15, -0.1) is 0 Å². The average molecular weight is 469 g/mol. The zero-order valence-corrected chi connectivity index (χ0v) is 18.9. The monoisotopic (exact) mass is 468 g/mol. The van der Waals surface area contributed by atoms with Crippen LogP contribution in [0.25, 0.3) is 22.4 Å². The van der Waals surface area contributed by atoms with E-state index in [2.05, 4.69) is 0 Å². The predicted octanol–water partition coefficient (Wildman–Crippen LogP) is 5.50. The molecule has 0 aliphatic heterocycles. The van der Waals surface area contributed by atoms with Crippen LogP contribution >= 0.6 is 0 Å². The normalized spacial score (nSPS) is 11.5. The molecule has 0 saturated carbocycles. The fourth-order valence-corrected chi connectivity index (χ4v) is 4.11. The van der Waals surface area contributed by atoms with E-state index in [4.69, 9.17) is 9.84 Å². The van der Waals surface area contributed by atoms with Crippen molar-refractivity contribution in [2.24, 2.45) is 0 Å². The van der Waals surface area contributed by atoms with Gasteiger partial charge in [-0.3, -0.25) is 0 Å². The number of hydrogen-bond acceptors (Lipinski definition) is 4. The molecule has 0 unspecified atom stereocenters. The zero-order chi connectivity index (χ0) is 23.6. The van der Waals surface area contributed by atoms with Gasteiger partial charge in [0.25, 0.3) is 0 Å². The first-order valence-corrected chi connectivity index (χ1v) is 12.2.